The third-order valence-electron chi connectivity index (χ3n) is 2.92. The summed E-state index contributed by atoms with van der Waals surface area (Å²) in [5.41, 5.74) is 6.30. The molecule has 1 amide bonds. The van der Waals surface area contributed by atoms with Crippen LogP contribution in [0, 0.1) is 17.0 Å². The number of para-hydroxylation sites is 1. The van der Waals surface area contributed by atoms with Crippen LogP contribution in [0.1, 0.15) is 15.9 Å². The van der Waals surface area contributed by atoms with E-state index in [0.29, 0.717) is 10.7 Å². The second kappa shape index (κ2) is 5.80. The first kappa shape index (κ1) is 14.8. The number of halogens is 1. The molecule has 0 fully saturated rings. The molecule has 0 aliphatic rings. The minimum absolute atomic E-state index is 0.0606. The Hall–Kier alpha value is -2.60. The van der Waals surface area contributed by atoms with E-state index in [-0.39, 0.29) is 11.3 Å². The number of nitrogen functional groups attached to an aromatic ring is 1. The van der Waals surface area contributed by atoms with Gasteiger partial charge >= 0.3 is 5.69 Å². The molecule has 108 valence electrons. The van der Waals surface area contributed by atoms with Crippen molar-refractivity contribution in [2.75, 3.05) is 11.1 Å². The molecule has 0 heterocycles. The zero-order valence-corrected chi connectivity index (χ0v) is 11.8. The topological polar surface area (TPSA) is 98.3 Å². The number of anilines is 2. The molecule has 0 aromatic heterocycles. The van der Waals surface area contributed by atoms with E-state index in [4.69, 9.17) is 17.3 Å². The van der Waals surface area contributed by atoms with Crippen molar-refractivity contribution in [2.45, 2.75) is 6.92 Å². The van der Waals surface area contributed by atoms with Gasteiger partial charge in [-0.1, -0.05) is 23.7 Å². The Balaban J connectivity index is 2.35. The Labute approximate surface area is 125 Å². The third kappa shape index (κ3) is 3.11. The van der Waals surface area contributed by atoms with Gasteiger partial charge in [0.05, 0.1) is 4.92 Å². The number of rotatable bonds is 3. The zero-order chi connectivity index (χ0) is 15.6. The molecule has 3 N–H and O–H groups in total. The fraction of sp³-hybridized carbons (Fsp3) is 0.0714. The lowest BCUT2D eigenvalue weighted by molar-refractivity contribution is -0.384. The van der Waals surface area contributed by atoms with E-state index >= 15 is 0 Å². The van der Waals surface area contributed by atoms with Crippen molar-refractivity contribution in [3.05, 3.63) is 62.7 Å². The molecule has 0 radical (unpaired) electrons. The maximum Gasteiger partial charge on any atom is 0.304 e. The van der Waals surface area contributed by atoms with Gasteiger partial charge in [-0.3, -0.25) is 14.9 Å². The minimum atomic E-state index is -0.674. The Morgan fingerprint density at radius 2 is 2.05 bits per heavy atom. The Bertz CT molecular complexity index is 731. The second-order valence-corrected chi connectivity index (χ2v) is 4.83. The number of carbonyl (C=O) groups excluding carboxylic acids is 1. The van der Waals surface area contributed by atoms with Crippen LogP contribution in [0.15, 0.2) is 36.4 Å². The number of nitro benzene ring substituents is 1. The molecule has 0 saturated heterocycles. The number of aryl methyl sites for hydroxylation is 1. The molecule has 7 heteroatoms. The molecular formula is C14H12ClN3O3. The fourth-order valence-electron chi connectivity index (χ4n) is 1.82. The van der Waals surface area contributed by atoms with E-state index in [1.807, 2.05) is 6.92 Å². The number of nitrogens with one attached hydrogen (secondary N) is 1. The molecule has 21 heavy (non-hydrogen) atoms. The van der Waals surface area contributed by atoms with Crippen LogP contribution >= 0.6 is 11.6 Å². The lowest BCUT2D eigenvalue weighted by atomic mass is 10.1. The summed E-state index contributed by atoms with van der Waals surface area (Å²) in [7, 11) is 0. The Kier molecular flexibility index (Phi) is 4.09. The van der Waals surface area contributed by atoms with Crippen LogP contribution in [0.25, 0.3) is 0 Å². The van der Waals surface area contributed by atoms with Crippen molar-refractivity contribution < 1.29 is 9.72 Å². The summed E-state index contributed by atoms with van der Waals surface area (Å²) in [6.07, 6.45) is 0. The van der Waals surface area contributed by atoms with Gasteiger partial charge in [-0.25, -0.2) is 0 Å². The molecule has 2 aromatic rings. The first-order valence-electron chi connectivity index (χ1n) is 6.00. The SMILES string of the molecule is Cc1ccc(NC(=O)c2cccc(N)c2[N+](=O)[O-])cc1Cl. The highest BCUT2D eigenvalue weighted by molar-refractivity contribution is 6.31. The van der Waals surface area contributed by atoms with Crippen LogP contribution < -0.4 is 11.1 Å². The summed E-state index contributed by atoms with van der Waals surface area (Å²) in [4.78, 5) is 22.5. The molecule has 0 aliphatic carbocycles. The molecule has 0 aliphatic heterocycles. The van der Waals surface area contributed by atoms with Crippen LogP contribution in [0.3, 0.4) is 0 Å². The van der Waals surface area contributed by atoms with Crippen molar-refractivity contribution >= 4 is 34.6 Å². The minimum Gasteiger partial charge on any atom is -0.393 e. The highest BCUT2D eigenvalue weighted by atomic mass is 35.5. The van der Waals surface area contributed by atoms with E-state index in [0.717, 1.165) is 5.56 Å². The molecule has 0 unspecified atom stereocenters. The summed E-state index contributed by atoms with van der Waals surface area (Å²) in [6, 6.07) is 9.19. The van der Waals surface area contributed by atoms with Crippen molar-refractivity contribution in [1.82, 2.24) is 0 Å². The molecule has 2 rings (SSSR count). The van der Waals surface area contributed by atoms with Gasteiger partial charge in [0.1, 0.15) is 11.3 Å². The quantitative estimate of drug-likeness (QED) is 0.516. The highest BCUT2D eigenvalue weighted by Gasteiger charge is 2.23. The predicted octanol–water partition coefficient (Wildman–Crippen LogP) is 3.39. The zero-order valence-electron chi connectivity index (χ0n) is 11.1. The van der Waals surface area contributed by atoms with Crippen LogP contribution in [0.4, 0.5) is 17.1 Å². The lowest BCUT2D eigenvalue weighted by Gasteiger charge is -2.08. The van der Waals surface area contributed by atoms with Crippen LogP contribution in [0.5, 0.6) is 0 Å². The Morgan fingerprint density at radius 3 is 2.67 bits per heavy atom. The van der Waals surface area contributed by atoms with Crippen molar-refractivity contribution in [3.8, 4) is 0 Å². The van der Waals surface area contributed by atoms with Gasteiger partial charge in [-0.15, -0.1) is 0 Å². The maximum absolute atomic E-state index is 12.2. The normalized spacial score (nSPS) is 10.2. The van der Waals surface area contributed by atoms with E-state index in [9.17, 15) is 14.9 Å². The van der Waals surface area contributed by atoms with E-state index < -0.39 is 16.5 Å². The summed E-state index contributed by atoms with van der Waals surface area (Å²) in [5, 5.41) is 14.1. The standard InChI is InChI=1S/C14H12ClN3O3/c1-8-5-6-9(7-11(8)15)17-14(19)10-3-2-4-12(16)13(10)18(20)21/h2-7H,16H2,1H3,(H,17,19). The number of hydrogen-bond acceptors (Lipinski definition) is 4. The van der Waals surface area contributed by atoms with Crippen LogP contribution in [-0.4, -0.2) is 10.8 Å². The number of amides is 1. The number of nitrogens with two attached hydrogens (primary N) is 1. The van der Waals surface area contributed by atoms with Crippen LogP contribution in [-0.2, 0) is 0 Å². The highest BCUT2D eigenvalue weighted by Crippen LogP contribution is 2.27. The van der Waals surface area contributed by atoms with Gasteiger partial charge in [-0.05, 0) is 36.8 Å². The second-order valence-electron chi connectivity index (χ2n) is 4.42. The van der Waals surface area contributed by atoms with E-state index in [1.54, 1.807) is 18.2 Å². The molecule has 0 spiro atoms. The molecule has 0 saturated carbocycles. The fourth-order valence-corrected chi connectivity index (χ4v) is 2.00. The molecule has 0 atom stereocenters. The van der Waals surface area contributed by atoms with Gasteiger partial charge in [0.15, 0.2) is 0 Å². The maximum atomic E-state index is 12.2. The summed E-state index contributed by atoms with van der Waals surface area (Å²) >= 11 is 5.97. The number of hydrogen-bond donors (Lipinski definition) is 2. The van der Waals surface area contributed by atoms with E-state index in [2.05, 4.69) is 5.32 Å². The lowest BCUT2D eigenvalue weighted by Crippen LogP contribution is -2.14. The average molecular weight is 306 g/mol. The van der Waals surface area contributed by atoms with E-state index in [1.165, 1.54) is 18.2 Å². The smallest absolute Gasteiger partial charge is 0.304 e. The Morgan fingerprint density at radius 1 is 1.33 bits per heavy atom. The van der Waals surface area contributed by atoms with Gasteiger partial charge < -0.3 is 11.1 Å². The van der Waals surface area contributed by atoms with Crippen molar-refractivity contribution in [3.63, 3.8) is 0 Å². The van der Waals surface area contributed by atoms with Crippen LogP contribution in [0.2, 0.25) is 5.02 Å². The van der Waals surface area contributed by atoms with Gasteiger partial charge in [0.25, 0.3) is 5.91 Å². The number of nitrogens with zero attached hydrogens (tertiary/aromatic N) is 1. The summed E-state index contributed by atoms with van der Waals surface area (Å²) in [5.74, 6) is -0.617. The molecule has 2 aromatic carbocycles. The predicted molar refractivity (Wildman–Crippen MR) is 81.7 cm³/mol. The largest absolute Gasteiger partial charge is 0.393 e. The van der Waals surface area contributed by atoms with Gasteiger partial charge in [0.2, 0.25) is 0 Å². The van der Waals surface area contributed by atoms with Gasteiger partial charge in [-0.2, -0.15) is 0 Å². The molecular weight excluding hydrogens is 294 g/mol. The average Bonchev–Trinajstić information content (AvgIpc) is 2.42. The third-order valence-corrected chi connectivity index (χ3v) is 3.33. The first-order valence-corrected chi connectivity index (χ1v) is 6.38. The summed E-state index contributed by atoms with van der Waals surface area (Å²) in [6.45, 7) is 1.83. The number of carbonyl (C=O) groups is 1. The monoisotopic (exact) mass is 305 g/mol. The van der Waals surface area contributed by atoms with Gasteiger partial charge in [0, 0.05) is 10.7 Å². The van der Waals surface area contributed by atoms with Crippen molar-refractivity contribution in [1.29, 1.82) is 0 Å². The number of nitro groups is 1. The first-order chi connectivity index (χ1) is 9.90. The van der Waals surface area contributed by atoms with Crippen molar-refractivity contribution in [2.24, 2.45) is 0 Å². The molecule has 6 nitrogen and oxygen atoms in total. The molecule has 0 bridgehead atoms. The summed E-state index contributed by atoms with van der Waals surface area (Å²) < 4.78 is 0. The number of benzene rings is 2.